The third-order valence-corrected chi connectivity index (χ3v) is 5.62. The summed E-state index contributed by atoms with van der Waals surface area (Å²) in [6, 6.07) is 13.5. The normalized spacial score (nSPS) is 15.2. The van der Waals surface area contributed by atoms with Gasteiger partial charge in [0.1, 0.15) is 11.3 Å². The summed E-state index contributed by atoms with van der Waals surface area (Å²) < 4.78 is 5.67. The minimum Gasteiger partial charge on any atom is -0.507 e. The molecule has 1 fully saturated rings. The van der Waals surface area contributed by atoms with Crippen LogP contribution in [0, 0.1) is 0 Å². The van der Waals surface area contributed by atoms with Gasteiger partial charge in [0.25, 0.3) is 0 Å². The van der Waals surface area contributed by atoms with E-state index in [0.29, 0.717) is 12.1 Å². The van der Waals surface area contributed by atoms with Crippen molar-refractivity contribution in [3.8, 4) is 16.9 Å². The predicted molar refractivity (Wildman–Crippen MR) is 113 cm³/mol. The molecule has 4 nitrogen and oxygen atoms in total. The first-order valence-corrected chi connectivity index (χ1v) is 10.3. The van der Waals surface area contributed by atoms with Crippen LogP contribution in [0.25, 0.3) is 22.1 Å². The average Bonchev–Trinajstić information content (AvgIpc) is 2.72. The van der Waals surface area contributed by atoms with E-state index >= 15 is 0 Å². The molecule has 0 spiro atoms. The van der Waals surface area contributed by atoms with Gasteiger partial charge in [0.05, 0.1) is 5.56 Å². The highest BCUT2D eigenvalue weighted by atomic mass is 16.4. The molecule has 0 saturated carbocycles. The minimum atomic E-state index is -0.381. The van der Waals surface area contributed by atoms with Crippen LogP contribution >= 0.6 is 0 Å². The van der Waals surface area contributed by atoms with Gasteiger partial charge in [-0.2, -0.15) is 0 Å². The lowest BCUT2D eigenvalue weighted by Gasteiger charge is -2.27. The number of benzene rings is 2. The number of aromatic hydroxyl groups is 1. The molecule has 0 bridgehead atoms. The van der Waals surface area contributed by atoms with Crippen molar-refractivity contribution >= 4 is 11.0 Å². The molecular formula is C24H27NO3. The summed E-state index contributed by atoms with van der Waals surface area (Å²) in [6.45, 7) is 4.75. The number of hydrogen-bond acceptors (Lipinski definition) is 4. The molecule has 4 heteroatoms. The Morgan fingerprint density at radius 3 is 2.54 bits per heavy atom. The first-order valence-electron chi connectivity index (χ1n) is 10.3. The van der Waals surface area contributed by atoms with Crippen LogP contribution in [0.2, 0.25) is 0 Å². The molecule has 1 aliphatic heterocycles. The van der Waals surface area contributed by atoms with E-state index < -0.39 is 0 Å². The molecule has 146 valence electrons. The Balaban J connectivity index is 1.94. The molecule has 28 heavy (non-hydrogen) atoms. The van der Waals surface area contributed by atoms with E-state index in [4.69, 9.17) is 4.42 Å². The highest BCUT2D eigenvalue weighted by Gasteiger charge is 2.21. The van der Waals surface area contributed by atoms with Gasteiger partial charge in [-0.05, 0) is 55.1 Å². The smallest absolute Gasteiger partial charge is 0.336 e. The standard InChI is InChI=1S/C24H27NO3/c1-2-9-18-14-20-19(17-10-5-3-6-11-17)15-22(26)28-24(20)21(23(18)27)16-25-12-7-4-8-13-25/h3,5-6,10-11,14-15,27H,2,4,7-9,12-13,16H2,1H3. The number of aryl methyl sites for hydroxylation is 1. The highest BCUT2D eigenvalue weighted by Crippen LogP contribution is 2.37. The molecule has 3 aromatic rings. The number of phenols is 1. The Morgan fingerprint density at radius 1 is 1.07 bits per heavy atom. The van der Waals surface area contributed by atoms with Crippen molar-refractivity contribution in [1.82, 2.24) is 4.90 Å². The summed E-state index contributed by atoms with van der Waals surface area (Å²) in [5, 5.41) is 11.9. The van der Waals surface area contributed by atoms with Crippen LogP contribution in [0.5, 0.6) is 5.75 Å². The van der Waals surface area contributed by atoms with Gasteiger partial charge in [0.15, 0.2) is 0 Å². The number of phenolic OH excluding ortho intramolecular Hbond substituents is 1. The third kappa shape index (κ3) is 3.69. The maximum atomic E-state index is 12.4. The molecule has 0 aliphatic carbocycles. The molecular weight excluding hydrogens is 350 g/mol. The van der Waals surface area contributed by atoms with E-state index in [9.17, 15) is 9.90 Å². The Hall–Kier alpha value is -2.59. The van der Waals surface area contributed by atoms with Crippen LogP contribution in [0.3, 0.4) is 0 Å². The Bertz CT molecular complexity index is 1020. The maximum absolute atomic E-state index is 12.4. The zero-order valence-electron chi connectivity index (χ0n) is 16.4. The molecule has 0 amide bonds. The van der Waals surface area contributed by atoms with Gasteiger partial charge >= 0.3 is 5.63 Å². The van der Waals surface area contributed by atoms with Crippen molar-refractivity contribution in [3.05, 3.63) is 64.0 Å². The van der Waals surface area contributed by atoms with Crippen molar-refractivity contribution in [2.45, 2.75) is 45.6 Å². The van der Waals surface area contributed by atoms with E-state index in [0.717, 1.165) is 53.6 Å². The van der Waals surface area contributed by atoms with Crippen LogP contribution in [0.15, 0.2) is 51.7 Å². The fourth-order valence-corrected chi connectivity index (χ4v) is 4.22. The zero-order chi connectivity index (χ0) is 19.5. The lowest BCUT2D eigenvalue weighted by Crippen LogP contribution is -2.29. The van der Waals surface area contributed by atoms with E-state index in [1.165, 1.54) is 19.3 Å². The van der Waals surface area contributed by atoms with Gasteiger partial charge in [-0.1, -0.05) is 50.1 Å². The van der Waals surface area contributed by atoms with Crippen LogP contribution < -0.4 is 5.63 Å². The van der Waals surface area contributed by atoms with Gasteiger partial charge in [-0.25, -0.2) is 4.79 Å². The van der Waals surface area contributed by atoms with Crippen molar-refractivity contribution < 1.29 is 9.52 Å². The van der Waals surface area contributed by atoms with Crippen LogP contribution in [0.4, 0.5) is 0 Å². The largest absolute Gasteiger partial charge is 0.507 e. The number of likely N-dealkylation sites (tertiary alicyclic amines) is 1. The third-order valence-electron chi connectivity index (χ3n) is 5.62. The van der Waals surface area contributed by atoms with E-state index in [1.54, 1.807) is 6.07 Å². The van der Waals surface area contributed by atoms with Gasteiger partial charge in [-0.15, -0.1) is 0 Å². The number of rotatable bonds is 5. The zero-order valence-corrected chi connectivity index (χ0v) is 16.4. The summed E-state index contributed by atoms with van der Waals surface area (Å²) in [5.41, 5.74) is 3.66. The molecule has 0 unspecified atom stereocenters. The molecule has 0 atom stereocenters. The topological polar surface area (TPSA) is 53.7 Å². The monoisotopic (exact) mass is 377 g/mol. The van der Waals surface area contributed by atoms with Gasteiger partial charge in [0.2, 0.25) is 0 Å². The van der Waals surface area contributed by atoms with Crippen LogP contribution in [-0.2, 0) is 13.0 Å². The van der Waals surface area contributed by atoms with Gasteiger partial charge in [-0.3, -0.25) is 4.90 Å². The predicted octanol–water partition coefficient (Wildman–Crippen LogP) is 5.10. The summed E-state index contributed by atoms with van der Waals surface area (Å²) >= 11 is 0. The fourth-order valence-electron chi connectivity index (χ4n) is 4.22. The minimum absolute atomic E-state index is 0.285. The van der Waals surface area contributed by atoms with E-state index in [2.05, 4.69) is 11.8 Å². The SMILES string of the molecule is CCCc1cc2c(-c3ccccc3)cc(=O)oc2c(CN2CCCCC2)c1O. The first kappa shape index (κ1) is 18.8. The van der Waals surface area contributed by atoms with Crippen molar-refractivity contribution in [2.24, 2.45) is 0 Å². The van der Waals surface area contributed by atoms with E-state index in [-0.39, 0.29) is 11.4 Å². The number of fused-ring (bicyclic) bond motifs is 1. The second kappa shape index (κ2) is 8.19. The molecule has 1 saturated heterocycles. The summed E-state index contributed by atoms with van der Waals surface area (Å²) in [6.07, 6.45) is 5.34. The van der Waals surface area contributed by atoms with Crippen molar-refractivity contribution in [2.75, 3.05) is 13.1 Å². The second-order valence-electron chi connectivity index (χ2n) is 7.67. The maximum Gasteiger partial charge on any atom is 0.336 e. The molecule has 1 N–H and O–H groups in total. The number of nitrogens with zero attached hydrogens (tertiary/aromatic N) is 1. The average molecular weight is 377 g/mol. The second-order valence-corrected chi connectivity index (χ2v) is 7.67. The molecule has 0 radical (unpaired) electrons. The molecule has 4 rings (SSSR count). The van der Waals surface area contributed by atoms with Gasteiger partial charge < -0.3 is 9.52 Å². The lowest BCUT2D eigenvalue weighted by molar-refractivity contribution is 0.218. The van der Waals surface area contributed by atoms with Crippen molar-refractivity contribution in [3.63, 3.8) is 0 Å². The van der Waals surface area contributed by atoms with Crippen LogP contribution in [0.1, 0.15) is 43.7 Å². The number of piperidine rings is 1. The fraction of sp³-hybridized carbons (Fsp3) is 0.375. The first-order chi connectivity index (χ1) is 13.7. The number of hydrogen-bond donors (Lipinski definition) is 1. The molecule has 1 aliphatic rings. The highest BCUT2D eigenvalue weighted by molar-refractivity contribution is 5.96. The Labute approximate surface area is 165 Å². The summed E-state index contributed by atoms with van der Waals surface area (Å²) in [7, 11) is 0. The van der Waals surface area contributed by atoms with E-state index in [1.807, 2.05) is 36.4 Å². The lowest BCUT2D eigenvalue weighted by atomic mass is 9.95. The quantitative estimate of drug-likeness (QED) is 0.628. The Morgan fingerprint density at radius 2 is 1.82 bits per heavy atom. The molecule has 2 aromatic carbocycles. The Kier molecular flexibility index (Phi) is 5.49. The summed E-state index contributed by atoms with van der Waals surface area (Å²) in [4.78, 5) is 14.7. The van der Waals surface area contributed by atoms with Gasteiger partial charge in [0, 0.05) is 18.0 Å². The molecule has 2 heterocycles. The van der Waals surface area contributed by atoms with Crippen molar-refractivity contribution in [1.29, 1.82) is 0 Å². The summed E-state index contributed by atoms with van der Waals surface area (Å²) in [5.74, 6) is 0.285. The molecule has 1 aromatic heterocycles. The van der Waals surface area contributed by atoms with Crippen LogP contribution in [-0.4, -0.2) is 23.1 Å².